The first-order valence-electron chi connectivity index (χ1n) is 6.34. The highest BCUT2D eigenvalue weighted by atomic mass is 19.1. The van der Waals surface area contributed by atoms with Gasteiger partial charge in [0.25, 0.3) is 0 Å². The Morgan fingerprint density at radius 3 is 2.61 bits per heavy atom. The van der Waals surface area contributed by atoms with Crippen molar-refractivity contribution in [2.45, 2.75) is 19.9 Å². The quantitative estimate of drug-likeness (QED) is 0.859. The molecular weight excluding hydrogens is 231 g/mol. The van der Waals surface area contributed by atoms with Crippen LogP contribution < -0.4 is 10.6 Å². The zero-order valence-electron chi connectivity index (χ0n) is 10.7. The van der Waals surface area contributed by atoms with Gasteiger partial charge in [-0.1, -0.05) is 19.1 Å². The van der Waals surface area contributed by atoms with Gasteiger partial charge in [0.2, 0.25) is 5.91 Å². The molecule has 0 aromatic heterocycles. The molecule has 1 amide bonds. The molecule has 1 aromatic rings. The third kappa shape index (κ3) is 2.88. The molecule has 1 aromatic carbocycles. The van der Waals surface area contributed by atoms with Crippen LogP contribution in [0.4, 0.5) is 4.39 Å². The highest BCUT2D eigenvalue weighted by Crippen LogP contribution is 2.18. The maximum Gasteiger partial charge on any atom is 0.225 e. The average molecular weight is 250 g/mol. The molecule has 0 spiro atoms. The van der Waals surface area contributed by atoms with Gasteiger partial charge in [0.05, 0.1) is 12.0 Å². The molecule has 0 saturated carbocycles. The van der Waals surface area contributed by atoms with Crippen molar-refractivity contribution in [3.63, 3.8) is 0 Å². The van der Waals surface area contributed by atoms with Crippen molar-refractivity contribution in [2.75, 3.05) is 13.1 Å². The number of nitrogens with one attached hydrogen (secondary N) is 2. The van der Waals surface area contributed by atoms with E-state index in [0.717, 1.165) is 18.7 Å². The smallest absolute Gasteiger partial charge is 0.225 e. The molecule has 2 rings (SSSR count). The van der Waals surface area contributed by atoms with Gasteiger partial charge in [-0.2, -0.15) is 0 Å². The van der Waals surface area contributed by atoms with Gasteiger partial charge in [-0.25, -0.2) is 4.39 Å². The minimum absolute atomic E-state index is 0.0351. The van der Waals surface area contributed by atoms with Crippen molar-refractivity contribution >= 4 is 5.91 Å². The molecule has 2 N–H and O–H groups in total. The molecule has 3 atom stereocenters. The fourth-order valence-corrected chi connectivity index (χ4v) is 2.32. The van der Waals surface area contributed by atoms with E-state index >= 15 is 0 Å². The summed E-state index contributed by atoms with van der Waals surface area (Å²) in [5, 5.41) is 6.20. The SMILES string of the molecule is C[C@@H]1CNC[C@H]1C(=O)N[C@H](C)c1ccc(F)cc1. The van der Waals surface area contributed by atoms with Crippen molar-refractivity contribution in [3.8, 4) is 0 Å². The lowest BCUT2D eigenvalue weighted by molar-refractivity contribution is -0.126. The second kappa shape index (κ2) is 5.48. The van der Waals surface area contributed by atoms with Crippen LogP contribution in [0.25, 0.3) is 0 Å². The molecule has 0 unspecified atom stereocenters. The summed E-state index contributed by atoms with van der Waals surface area (Å²) in [6.07, 6.45) is 0. The minimum atomic E-state index is -0.258. The van der Waals surface area contributed by atoms with Crippen LogP contribution >= 0.6 is 0 Å². The summed E-state index contributed by atoms with van der Waals surface area (Å²) in [4.78, 5) is 12.1. The van der Waals surface area contributed by atoms with E-state index in [1.165, 1.54) is 12.1 Å². The summed E-state index contributed by atoms with van der Waals surface area (Å²) in [5.41, 5.74) is 0.920. The lowest BCUT2D eigenvalue weighted by Gasteiger charge is -2.19. The van der Waals surface area contributed by atoms with Crippen LogP contribution in [0.1, 0.15) is 25.5 Å². The van der Waals surface area contributed by atoms with Gasteiger partial charge in [-0.3, -0.25) is 4.79 Å². The topological polar surface area (TPSA) is 41.1 Å². The molecule has 1 aliphatic heterocycles. The van der Waals surface area contributed by atoms with E-state index in [4.69, 9.17) is 0 Å². The van der Waals surface area contributed by atoms with Crippen LogP contribution in [0.3, 0.4) is 0 Å². The van der Waals surface area contributed by atoms with Crippen LogP contribution in [0.5, 0.6) is 0 Å². The minimum Gasteiger partial charge on any atom is -0.349 e. The lowest BCUT2D eigenvalue weighted by Crippen LogP contribution is -2.35. The van der Waals surface area contributed by atoms with E-state index in [-0.39, 0.29) is 23.7 Å². The second-order valence-electron chi connectivity index (χ2n) is 5.02. The van der Waals surface area contributed by atoms with E-state index in [0.29, 0.717) is 5.92 Å². The Kier molecular flexibility index (Phi) is 3.97. The van der Waals surface area contributed by atoms with Crippen LogP contribution in [-0.4, -0.2) is 19.0 Å². The van der Waals surface area contributed by atoms with Crippen molar-refractivity contribution in [3.05, 3.63) is 35.6 Å². The molecule has 1 fully saturated rings. The first-order valence-corrected chi connectivity index (χ1v) is 6.34. The van der Waals surface area contributed by atoms with E-state index < -0.39 is 0 Å². The zero-order valence-corrected chi connectivity index (χ0v) is 10.7. The van der Waals surface area contributed by atoms with E-state index in [1.54, 1.807) is 12.1 Å². The fourth-order valence-electron chi connectivity index (χ4n) is 2.32. The highest BCUT2D eigenvalue weighted by Gasteiger charge is 2.30. The molecular formula is C14H19FN2O. The summed E-state index contributed by atoms with van der Waals surface area (Å²) in [6, 6.07) is 6.15. The summed E-state index contributed by atoms with van der Waals surface area (Å²) in [7, 11) is 0. The lowest BCUT2D eigenvalue weighted by atomic mass is 9.96. The monoisotopic (exact) mass is 250 g/mol. The van der Waals surface area contributed by atoms with Gasteiger partial charge >= 0.3 is 0 Å². The Labute approximate surface area is 107 Å². The van der Waals surface area contributed by atoms with E-state index in [9.17, 15) is 9.18 Å². The predicted molar refractivity (Wildman–Crippen MR) is 68.5 cm³/mol. The normalized spacial score (nSPS) is 24.8. The van der Waals surface area contributed by atoms with Crippen LogP contribution in [-0.2, 0) is 4.79 Å². The number of amides is 1. The Bertz CT molecular complexity index is 418. The average Bonchev–Trinajstić information content (AvgIpc) is 2.76. The van der Waals surface area contributed by atoms with Gasteiger partial charge in [0.1, 0.15) is 5.82 Å². The molecule has 1 aliphatic rings. The molecule has 0 aliphatic carbocycles. The Hall–Kier alpha value is -1.42. The third-order valence-electron chi connectivity index (χ3n) is 3.58. The van der Waals surface area contributed by atoms with Gasteiger partial charge in [0.15, 0.2) is 0 Å². The number of rotatable bonds is 3. The molecule has 4 heteroatoms. The molecule has 98 valence electrons. The molecule has 18 heavy (non-hydrogen) atoms. The van der Waals surface area contributed by atoms with Gasteiger partial charge in [-0.15, -0.1) is 0 Å². The van der Waals surface area contributed by atoms with Gasteiger partial charge in [-0.05, 0) is 37.1 Å². The van der Waals surface area contributed by atoms with E-state index in [2.05, 4.69) is 17.6 Å². The summed E-state index contributed by atoms with van der Waals surface area (Å²) in [6.45, 7) is 5.62. The van der Waals surface area contributed by atoms with Crippen molar-refractivity contribution in [1.82, 2.24) is 10.6 Å². The number of carbonyl (C=O) groups is 1. The number of halogens is 1. The van der Waals surface area contributed by atoms with Crippen molar-refractivity contribution < 1.29 is 9.18 Å². The van der Waals surface area contributed by atoms with Gasteiger partial charge in [0, 0.05) is 6.54 Å². The van der Waals surface area contributed by atoms with Crippen LogP contribution in [0.2, 0.25) is 0 Å². The number of hydrogen-bond acceptors (Lipinski definition) is 2. The summed E-state index contributed by atoms with van der Waals surface area (Å²) < 4.78 is 12.8. The Morgan fingerprint density at radius 1 is 1.39 bits per heavy atom. The molecule has 0 radical (unpaired) electrons. The summed E-state index contributed by atoms with van der Waals surface area (Å²) >= 11 is 0. The summed E-state index contributed by atoms with van der Waals surface area (Å²) in [5.74, 6) is 0.216. The maximum absolute atomic E-state index is 12.8. The Morgan fingerprint density at radius 2 is 2.06 bits per heavy atom. The first kappa shape index (κ1) is 13.0. The maximum atomic E-state index is 12.8. The van der Waals surface area contributed by atoms with Gasteiger partial charge < -0.3 is 10.6 Å². The fraction of sp³-hybridized carbons (Fsp3) is 0.500. The number of carbonyl (C=O) groups excluding carboxylic acids is 1. The van der Waals surface area contributed by atoms with Crippen LogP contribution in [0, 0.1) is 17.7 Å². The highest BCUT2D eigenvalue weighted by molar-refractivity contribution is 5.80. The standard InChI is InChI=1S/C14H19FN2O/c1-9-7-16-8-13(9)14(18)17-10(2)11-3-5-12(15)6-4-11/h3-6,9-10,13,16H,7-8H2,1-2H3,(H,17,18)/t9-,10-,13-/m1/s1. The second-order valence-corrected chi connectivity index (χ2v) is 5.02. The molecule has 1 heterocycles. The predicted octanol–water partition coefficient (Wildman–Crippen LogP) is 1.86. The Balaban J connectivity index is 1.96. The number of benzene rings is 1. The number of hydrogen-bond donors (Lipinski definition) is 2. The molecule has 1 saturated heterocycles. The van der Waals surface area contributed by atoms with Crippen LogP contribution in [0.15, 0.2) is 24.3 Å². The third-order valence-corrected chi connectivity index (χ3v) is 3.58. The molecule has 0 bridgehead atoms. The zero-order chi connectivity index (χ0) is 13.1. The van der Waals surface area contributed by atoms with E-state index in [1.807, 2.05) is 6.92 Å². The molecule has 3 nitrogen and oxygen atoms in total. The van der Waals surface area contributed by atoms with Crippen molar-refractivity contribution in [1.29, 1.82) is 0 Å². The van der Waals surface area contributed by atoms with Crippen molar-refractivity contribution in [2.24, 2.45) is 11.8 Å². The largest absolute Gasteiger partial charge is 0.349 e. The first-order chi connectivity index (χ1) is 8.58.